The van der Waals surface area contributed by atoms with Crippen molar-refractivity contribution in [2.45, 2.75) is 6.04 Å². The van der Waals surface area contributed by atoms with Crippen LogP contribution in [0.3, 0.4) is 0 Å². The number of aliphatic hydroxyl groups is 1. The summed E-state index contributed by atoms with van der Waals surface area (Å²) in [5.41, 5.74) is 2.04. The lowest BCUT2D eigenvalue weighted by Gasteiger charge is -2.24. The lowest BCUT2D eigenvalue weighted by Crippen LogP contribution is -2.31. The van der Waals surface area contributed by atoms with Crippen molar-refractivity contribution in [2.75, 3.05) is 4.90 Å². The second-order valence-electron chi connectivity index (χ2n) is 6.63. The van der Waals surface area contributed by atoms with E-state index in [1.54, 1.807) is 30.3 Å². The minimum absolute atomic E-state index is 0.0448. The Morgan fingerprint density at radius 2 is 1.79 bits per heavy atom. The number of furan rings is 1. The summed E-state index contributed by atoms with van der Waals surface area (Å²) >= 11 is 0. The number of amides is 1. The SMILES string of the molecule is O=C(C1=C(O)C(=O)N(c2nc3ccccc3[nH]2)C1c1ccccc1)c1ccco1. The highest BCUT2D eigenvalue weighted by atomic mass is 16.3. The average Bonchev–Trinajstić information content (AvgIpc) is 3.47. The normalized spacial score (nSPS) is 16.8. The van der Waals surface area contributed by atoms with Gasteiger partial charge >= 0.3 is 0 Å². The van der Waals surface area contributed by atoms with E-state index in [1.165, 1.54) is 17.2 Å². The fourth-order valence-corrected chi connectivity index (χ4v) is 3.60. The third-order valence-electron chi connectivity index (χ3n) is 4.92. The van der Waals surface area contributed by atoms with E-state index in [0.717, 1.165) is 5.52 Å². The van der Waals surface area contributed by atoms with Crippen LogP contribution in [0.2, 0.25) is 0 Å². The molecule has 142 valence electrons. The molecule has 29 heavy (non-hydrogen) atoms. The fourth-order valence-electron chi connectivity index (χ4n) is 3.60. The number of ketones is 1. The van der Waals surface area contributed by atoms with E-state index >= 15 is 0 Å². The number of hydrogen-bond acceptors (Lipinski definition) is 5. The van der Waals surface area contributed by atoms with Crippen LogP contribution in [0.4, 0.5) is 5.95 Å². The molecular weight excluding hydrogens is 370 g/mol. The summed E-state index contributed by atoms with van der Waals surface area (Å²) in [7, 11) is 0. The number of hydrogen-bond donors (Lipinski definition) is 2. The van der Waals surface area contributed by atoms with Crippen molar-refractivity contribution in [2.24, 2.45) is 0 Å². The topological polar surface area (TPSA) is 99.4 Å². The predicted molar refractivity (Wildman–Crippen MR) is 105 cm³/mol. The molecule has 1 unspecified atom stereocenters. The van der Waals surface area contributed by atoms with E-state index in [1.807, 2.05) is 30.3 Å². The molecule has 7 heteroatoms. The summed E-state index contributed by atoms with van der Waals surface area (Å²) in [6.07, 6.45) is 1.37. The van der Waals surface area contributed by atoms with Crippen molar-refractivity contribution in [1.29, 1.82) is 0 Å². The van der Waals surface area contributed by atoms with E-state index in [4.69, 9.17) is 4.42 Å². The number of H-pyrrole nitrogens is 1. The van der Waals surface area contributed by atoms with E-state index in [9.17, 15) is 14.7 Å². The molecule has 1 aliphatic rings. The molecule has 0 spiro atoms. The third kappa shape index (κ3) is 2.63. The molecular formula is C22H15N3O4. The Labute approximate surface area is 164 Å². The zero-order chi connectivity index (χ0) is 20.0. The molecule has 2 N–H and O–H groups in total. The van der Waals surface area contributed by atoms with Gasteiger partial charge in [0, 0.05) is 0 Å². The Hall–Kier alpha value is -4.13. The molecule has 0 aliphatic carbocycles. The maximum absolute atomic E-state index is 13.1. The molecule has 5 rings (SSSR count). The molecule has 0 fully saturated rings. The van der Waals surface area contributed by atoms with Gasteiger partial charge in [0.2, 0.25) is 11.7 Å². The number of imidazole rings is 1. The molecule has 2 aromatic heterocycles. The van der Waals surface area contributed by atoms with Crippen LogP contribution in [0.1, 0.15) is 22.2 Å². The van der Waals surface area contributed by atoms with Crippen LogP contribution in [0, 0.1) is 0 Å². The van der Waals surface area contributed by atoms with Crippen molar-refractivity contribution >= 4 is 28.7 Å². The standard InChI is InChI=1S/C22H15N3O4/c26-19(16-11-6-12-29-16)17-18(13-7-2-1-3-8-13)25(21(28)20(17)27)22-23-14-9-4-5-10-15(14)24-22/h1-12,18,27H,(H,23,24). The Morgan fingerprint density at radius 3 is 2.52 bits per heavy atom. The Morgan fingerprint density at radius 1 is 1.03 bits per heavy atom. The highest BCUT2D eigenvalue weighted by molar-refractivity contribution is 6.19. The number of anilines is 1. The summed E-state index contributed by atoms with van der Waals surface area (Å²) < 4.78 is 5.22. The fraction of sp³-hybridized carbons (Fsp3) is 0.0455. The van der Waals surface area contributed by atoms with Crippen molar-refractivity contribution in [3.05, 3.63) is 95.6 Å². The molecule has 0 saturated heterocycles. The smallest absolute Gasteiger partial charge is 0.296 e. The molecule has 7 nitrogen and oxygen atoms in total. The third-order valence-corrected chi connectivity index (χ3v) is 4.92. The van der Waals surface area contributed by atoms with Crippen LogP contribution in [-0.4, -0.2) is 26.8 Å². The number of para-hydroxylation sites is 2. The number of nitrogens with zero attached hydrogens (tertiary/aromatic N) is 2. The molecule has 2 aromatic carbocycles. The molecule has 1 amide bonds. The largest absolute Gasteiger partial charge is 0.503 e. The number of nitrogens with one attached hydrogen (secondary N) is 1. The molecule has 0 bridgehead atoms. The number of Topliss-reactive ketones (excluding diaryl/α,β-unsaturated/α-hetero) is 1. The molecule has 1 atom stereocenters. The van der Waals surface area contributed by atoms with Crippen molar-refractivity contribution in [3.8, 4) is 0 Å². The zero-order valence-corrected chi connectivity index (χ0v) is 15.1. The first-order chi connectivity index (χ1) is 14.1. The van der Waals surface area contributed by atoms with Crippen LogP contribution < -0.4 is 4.90 Å². The number of aromatic nitrogens is 2. The van der Waals surface area contributed by atoms with Crippen LogP contribution in [-0.2, 0) is 4.79 Å². The highest BCUT2D eigenvalue weighted by Crippen LogP contribution is 2.41. The van der Waals surface area contributed by atoms with Crippen LogP contribution in [0.25, 0.3) is 11.0 Å². The highest BCUT2D eigenvalue weighted by Gasteiger charge is 2.46. The minimum Gasteiger partial charge on any atom is -0.503 e. The Kier molecular flexibility index (Phi) is 3.80. The van der Waals surface area contributed by atoms with Gasteiger partial charge in [-0.1, -0.05) is 42.5 Å². The summed E-state index contributed by atoms with van der Waals surface area (Å²) in [5.74, 6) is -1.56. The maximum Gasteiger partial charge on any atom is 0.296 e. The second-order valence-corrected chi connectivity index (χ2v) is 6.63. The molecule has 0 saturated carbocycles. The van der Waals surface area contributed by atoms with Gasteiger partial charge in [-0.25, -0.2) is 4.98 Å². The summed E-state index contributed by atoms with van der Waals surface area (Å²) in [6, 6.07) is 18.6. The van der Waals surface area contributed by atoms with Gasteiger partial charge in [-0.15, -0.1) is 0 Å². The number of aromatic amines is 1. The lowest BCUT2D eigenvalue weighted by atomic mass is 9.95. The first kappa shape index (κ1) is 17.0. The quantitative estimate of drug-likeness (QED) is 0.519. The number of rotatable bonds is 4. The second kappa shape index (κ2) is 6.49. The minimum atomic E-state index is -0.845. The Bertz CT molecular complexity index is 1220. The molecule has 0 radical (unpaired) electrons. The monoisotopic (exact) mass is 385 g/mol. The maximum atomic E-state index is 13.1. The van der Waals surface area contributed by atoms with E-state index < -0.39 is 23.5 Å². The molecule has 1 aliphatic heterocycles. The summed E-state index contributed by atoms with van der Waals surface area (Å²) in [4.78, 5) is 35.0. The van der Waals surface area contributed by atoms with Gasteiger partial charge in [0.15, 0.2) is 11.5 Å². The van der Waals surface area contributed by atoms with Crippen LogP contribution in [0.15, 0.2) is 88.7 Å². The van der Waals surface area contributed by atoms with E-state index in [0.29, 0.717) is 11.1 Å². The first-order valence-electron chi connectivity index (χ1n) is 9.00. The van der Waals surface area contributed by atoms with Crippen LogP contribution in [0.5, 0.6) is 0 Å². The number of aliphatic hydroxyl groups excluding tert-OH is 1. The predicted octanol–water partition coefficient (Wildman–Crippen LogP) is 3.94. The molecule has 3 heterocycles. The van der Waals surface area contributed by atoms with E-state index in [2.05, 4.69) is 9.97 Å². The van der Waals surface area contributed by atoms with Gasteiger partial charge in [0.1, 0.15) is 0 Å². The zero-order valence-electron chi connectivity index (χ0n) is 15.1. The summed E-state index contributed by atoms with van der Waals surface area (Å²) in [6.45, 7) is 0. The Balaban J connectivity index is 1.69. The average molecular weight is 385 g/mol. The number of fused-ring (bicyclic) bond motifs is 1. The summed E-state index contributed by atoms with van der Waals surface area (Å²) in [5, 5.41) is 10.6. The van der Waals surface area contributed by atoms with Crippen molar-refractivity contribution < 1.29 is 19.1 Å². The number of benzene rings is 2. The number of carbonyl (C=O) groups is 2. The number of carbonyl (C=O) groups excluding carboxylic acids is 2. The van der Waals surface area contributed by atoms with Gasteiger partial charge in [-0.3, -0.25) is 14.5 Å². The van der Waals surface area contributed by atoms with Gasteiger partial charge in [-0.2, -0.15) is 0 Å². The first-order valence-corrected chi connectivity index (χ1v) is 9.00. The van der Waals surface area contributed by atoms with Gasteiger partial charge < -0.3 is 14.5 Å². The van der Waals surface area contributed by atoms with Crippen LogP contribution >= 0.6 is 0 Å². The van der Waals surface area contributed by atoms with E-state index in [-0.39, 0.29) is 17.3 Å². The molecule has 4 aromatic rings. The van der Waals surface area contributed by atoms with Crippen molar-refractivity contribution in [3.63, 3.8) is 0 Å². The van der Waals surface area contributed by atoms with Gasteiger partial charge in [-0.05, 0) is 29.8 Å². The van der Waals surface area contributed by atoms with Gasteiger partial charge in [0.05, 0.1) is 28.9 Å². The van der Waals surface area contributed by atoms with Crippen molar-refractivity contribution in [1.82, 2.24) is 9.97 Å². The van der Waals surface area contributed by atoms with Gasteiger partial charge in [0.25, 0.3) is 5.91 Å². The lowest BCUT2D eigenvalue weighted by molar-refractivity contribution is -0.117.